The van der Waals surface area contributed by atoms with E-state index < -0.39 is 0 Å². The molecular formula is C16H19FN2O3. The summed E-state index contributed by atoms with van der Waals surface area (Å²) in [5, 5.41) is 0. The highest BCUT2D eigenvalue weighted by Gasteiger charge is 2.06. The van der Waals surface area contributed by atoms with Gasteiger partial charge in [0.15, 0.2) is 11.6 Å². The number of benzene rings is 1. The lowest BCUT2D eigenvalue weighted by Gasteiger charge is -2.11. The topological polar surface area (TPSA) is 53.2 Å². The predicted molar refractivity (Wildman–Crippen MR) is 81.8 cm³/mol. The van der Waals surface area contributed by atoms with E-state index in [1.54, 1.807) is 29.7 Å². The van der Waals surface area contributed by atoms with Crippen molar-refractivity contribution in [3.63, 3.8) is 0 Å². The molecule has 5 nitrogen and oxygen atoms in total. The first-order valence-electron chi connectivity index (χ1n) is 7.15. The van der Waals surface area contributed by atoms with Crippen LogP contribution in [0.1, 0.15) is 18.5 Å². The minimum absolute atomic E-state index is 0.234. The lowest BCUT2D eigenvalue weighted by atomic mass is 10.3. The normalized spacial score (nSPS) is 10.7. The van der Waals surface area contributed by atoms with Crippen LogP contribution >= 0.6 is 0 Å². The van der Waals surface area contributed by atoms with Crippen LogP contribution in [0.15, 0.2) is 39.9 Å². The number of unbranched alkanes of at least 4 members (excludes halogenated alkanes) is 1. The Hall–Kier alpha value is -2.37. The average Bonchev–Trinajstić information content (AvgIpc) is 2.49. The van der Waals surface area contributed by atoms with E-state index in [4.69, 9.17) is 4.74 Å². The van der Waals surface area contributed by atoms with Gasteiger partial charge in [0.05, 0.1) is 6.61 Å². The van der Waals surface area contributed by atoms with Crippen molar-refractivity contribution in [1.82, 2.24) is 9.13 Å². The summed E-state index contributed by atoms with van der Waals surface area (Å²) < 4.78 is 21.4. The zero-order valence-corrected chi connectivity index (χ0v) is 12.7. The van der Waals surface area contributed by atoms with Crippen molar-refractivity contribution in [1.29, 1.82) is 0 Å². The van der Waals surface area contributed by atoms with Crippen molar-refractivity contribution in [2.45, 2.75) is 26.3 Å². The van der Waals surface area contributed by atoms with Crippen LogP contribution in [0.3, 0.4) is 0 Å². The minimum atomic E-state index is -0.382. The second-order valence-corrected chi connectivity index (χ2v) is 5.10. The summed E-state index contributed by atoms with van der Waals surface area (Å²) in [5.74, 6) is -0.148. The van der Waals surface area contributed by atoms with Gasteiger partial charge in [0.1, 0.15) is 0 Å². The van der Waals surface area contributed by atoms with Gasteiger partial charge >= 0.3 is 5.69 Å². The van der Waals surface area contributed by atoms with Gasteiger partial charge in [0, 0.05) is 25.4 Å². The summed E-state index contributed by atoms with van der Waals surface area (Å²) in [5.41, 5.74) is 0.0183. The van der Waals surface area contributed by atoms with E-state index in [2.05, 4.69) is 0 Å². The van der Waals surface area contributed by atoms with E-state index >= 15 is 0 Å². The molecule has 2 rings (SSSR count). The predicted octanol–water partition coefficient (Wildman–Crippen LogP) is 1.85. The standard InChI is InChI=1S/C16H19FN2O3/c1-12-11-15(20)18(2)16(21)19(12)9-5-6-10-22-14-8-4-3-7-13(14)17/h3-4,7-8,11H,5-6,9-10H2,1-2H3. The SMILES string of the molecule is Cc1cc(=O)n(C)c(=O)n1CCCCOc1ccccc1F. The zero-order chi connectivity index (χ0) is 16.1. The summed E-state index contributed by atoms with van der Waals surface area (Å²) in [6.07, 6.45) is 1.39. The van der Waals surface area contributed by atoms with Gasteiger partial charge in [0.2, 0.25) is 0 Å². The van der Waals surface area contributed by atoms with Crippen LogP contribution in [0, 0.1) is 12.7 Å². The second kappa shape index (κ2) is 7.06. The molecule has 0 radical (unpaired) electrons. The van der Waals surface area contributed by atoms with Gasteiger partial charge in [-0.25, -0.2) is 9.18 Å². The Morgan fingerprint density at radius 3 is 2.64 bits per heavy atom. The number of nitrogens with zero attached hydrogens (tertiary/aromatic N) is 2. The number of ether oxygens (including phenoxy) is 1. The Kier molecular flexibility index (Phi) is 5.14. The lowest BCUT2D eigenvalue weighted by Crippen LogP contribution is -2.38. The number of halogens is 1. The first-order chi connectivity index (χ1) is 10.5. The van der Waals surface area contributed by atoms with E-state index in [0.717, 1.165) is 4.57 Å². The molecule has 0 unspecified atom stereocenters. The Morgan fingerprint density at radius 2 is 1.91 bits per heavy atom. The molecule has 0 aliphatic rings. The highest BCUT2D eigenvalue weighted by atomic mass is 19.1. The largest absolute Gasteiger partial charge is 0.491 e. The molecule has 22 heavy (non-hydrogen) atoms. The molecule has 0 atom stereocenters. The highest BCUT2D eigenvalue weighted by molar-refractivity contribution is 5.23. The number of para-hydroxylation sites is 1. The molecule has 0 saturated carbocycles. The molecular weight excluding hydrogens is 287 g/mol. The average molecular weight is 306 g/mol. The van der Waals surface area contributed by atoms with E-state index in [1.165, 1.54) is 19.2 Å². The molecule has 6 heteroatoms. The van der Waals surface area contributed by atoms with Crippen LogP contribution in [-0.4, -0.2) is 15.7 Å². The quantitative estimate of drug-likeness (QED) is 0.765. The molecule has 0 amide bonds. The fourth-order valence-electron chi connectivity index (χ4n) is 2.17. The maximum atomic E-state index is 13.3. The number of aromatic nitrogens is 2. The van der Waals surface area contributed by atoms with Crippen molar-refractivity contribution in [3.05, 3.63) is 62.7 Å². The Balaban J connectivity index is 1.88. The van der Waals surface area contributed by atoms with Gasteiger partial charge in [-0.3, -0.25) is 13.9 Å². The van der Waals surface area contributed by atoms with Crippen LogP contribution in [0.25, 0.3) is 0 Å². The zero-order valence-electron chi connectivity index (χ0n) is 12.7. The fraction of sp³-hybridized carbons (Fsp3) is 0.375. The molecule has 1 heterocycles. The van der Waals surface area contributed by atoms with Crippen LogP contribution in [0.2, 0.25) is 0 Å². The number of hydrogen-bond donors (Lipinski definition) is 0. The van der Waals surface area contributed by atoms with Crippen LogP contribution in [-0.2, 0) is 13.6 Å². The molecule has 0 bridgehead atoms. The van der Waals surface area contributed by atoms with Gasteiger partial charge in [-0.2, -0.15) is 0 Å². The van der Waals surface area contributed by atoms with Gasteiger partial charge in [-0.1, -0.05) is 12.1 Å². The van der Waals surface area contributed by atoms with E-state index in [0.29, 0.717) is 31.7 Å². The van der Waals surface area contributed by atoms with Crippen molar-refractivity contribution in [3.8, 4) is 5.75 Å². The molecule has 118 valence electrons. The maximum absolute atomic E-state index is 13.3. The van der Waals surface area contributed by atoms with Crippen LogP contribution in [0.5, 0.6) is 5.75 Å². The van der Waals surface area contributed by atoms with E-state index in [-0.39, 0.29) is 22.8 Å². The maximum Gasteiger partial charge on any atom is 0.330 e. The molecule has 0 spiro atoms. The van der Waals surface area contributed by atoms with Gasteiger partial charge in [-0.05, 0) is 31.9 Å². The van der Waals surface area contributed by atoms with Crippen LogP contribution < -0.4 is 16.0 Å². The number of rotatable bonds is 6. The molecule has 0 aliphatic heterocycles. The molecule has 0 N–H and O–H groups in total. The second-order valence-electron chi connectivity index (χ2n) is 5.10. The first kappa shape index (κ1) is 16.0. The Labute approximate surface area is 127 Å². The Morgan fingerprint density at radius 1 is 1.18 bits per heavy atom. The number of hydrogen-bond acceptors (Lipinski definition) is 3. The summed E-state index contributed by atoms with van der Waals surface area (Å²) in [7, 11) is 1.46. The van der Waals surface area contributed by atoms with E-state index in [1.807, 2.05) is 0 Å². The molecule has 0 fully saturated rings. The third kappa shape index (κ3) is 3.63. The summed E-state index contributed by atoms with van der Waals surface area (Å²) >= 11 is 0. The smallest absolute Gasteiger partial charge is 0.330 e. The summed E-state index contributed by atoms with van der Waals surface area (Å²) in [4.78, 5) is 23.5. The molecule has 1 aromatic carbocycles. The summed E-state index contributed by atoms with van der Waals surface area (Å²) in [6, 6.07) is 7.69. The van der Waals surface area contributed by atoms with Crippen molar-refractivity contribution in [2.75, 3.05) is 6.61 Å². The summed E-state index contributed by atoms with van der Waals surface area (Å²) in [6.45, 7) is 2.61. The third-order valence-corrected chi connectivity index (χ3v) is 3.48. The Bertz CT molecular complexity index is 765. The van der Waals surface area contributed by atoms with Gasteiger partial charge < -0.3 is 4.74 Å². The molecule has 2 aromatic rings. The fourth-order valence-corrected chi connectivity index (χ4v) is 2.17. The lowest BCUT2D eigenvalue weighted by molar-refractivity contribution is 0.288. The minimum Gasteiger partial charge on any atom is -0.491 e. The third-order valence-electron chi connectivity index (χ3n) is 3.48. The first-order valence-corrected chi connectivity index (χ1v) is 7.15. The number of aryl methyl sites for hydroxylation is 1. The van der Waals surface area contributed by atoms with Crippen molar-refractivity contribution in [2.24, 2.45) is 7.05 Å². The molecule has 1 aromatic heterocycles. The van der Waals surface area contributed by atoms with Gasteiger partial charge in [-0.15, -0.1) is 0 Å². The van der Waals surface area contributed by atoms with E-state index in [9.17, 15) is 14.0 Å². The van der Waals surface area contributed by atoms with Crippen LogP contribution in [0.4, 0.5) is 4.39 Å². The van der Waals surface area contributed by atoms with Gasteiger partial charge in [0.25, 0.3) is 5.56 Å². The van der Waals surface area contributed by atoms with Crippen molar-refractivity contribution < 1.29 is 9.13 Å². The molecule has 0 aliphatic carbocycles. The monoisotopic (exact) mass is 306 g/mol. The molecule has 0 saturated heterocycles. The highest BCUT2D eigenvalue weighted by Crippen LogP contribution is 2.15. The van der Waals surface area contributed by atoms with Crippen molar-refractivity contribution >= 4 is 0 Å².